The van der Waals surface area contributed by atoms with Gasteiger partial charge in [-0.05, 0) is 18.2 Å². The highest BCUT2D eigenvalue weighted by atomic mass is 35.5. The van der Waals surface area contributed by atoms with Crippen LogP contribution < -0.4 is 0 Å². The number of hydrogen-bond donors (Lipinski definition) is 1. The van der Waals surface area contributed by atoms with Gasteiger partial charge in [0.05, 0.1) is 21.7 Å². The Morgan fingerprint density at radius 3 is 2.74 bits per heavy atom. The Hall–Kier alpha value is -1.82. The molecular weight excluding hydrogens is 346 g/mol. The van der Waals surface area contributed by atoms with Crippen LogP contribution in [-0.4, -0.2) is 15.0 Å². The molecule has 3 nitrogen and oxygen atoms in total. The van der Waals surface area contributed by atoms with E-state index < -0.39 is 0 Å². The summed E-state index contributed by atoms with van der Waals surface area (Å²) < 4.78 is 0. The highest BCUT2D eigenvalue weighted by Crippen LogP contribution is 2.31. The topological polar surface area (TPSA) is 41.6 Å². The van der Waals surface area contributed by atoms with E-state index in [1.807, 2.05) is 48.5 Å². The molecule has 0 amide bonds. The van der Waals surface area contributed by atoms with Gasteiger partial charge < -0.3 is 4.98 Å². The van der Waals surface area contributed by atoms with E-state index in [2.05, 4.69) is 20.3 Å². The third-order valence-electron chi connectivity index (χ3n) is 3.38. The fourth-order valence-electron chi connectivity index (χ4n) is 2.27. The number of nitrogens with zero attached hydrogens (tertiary/aromatic N) is 2. The Kier molecular flexibility index (Phi) is 4.08. The van der Waals surface area contributed by atoms with Crippen molar-refractivity contribution in [2.45, 2.75) is 10.9 Å². The predicted octanol–water partition coefficient (Wildman–Crippen LogP) is 5.63. The second-order valence-electron chi connectivity index (χ2n) is 4.97. The second kappa shape index (κ2) is 6.35. The summed E-state index contributed by atoms with van der Waals surface area (Å²) in [6.07, 6.45) is 0. The fraction of sp³-hybridized carbons (Fsp3) is 0.0588. The third kappa shape index (κ3) is 3.13. The second-order valence-corrected chi connectivity index (χ2v) is 7.20. The average molecular weight is 358 g/mol. The van der Waals surface area contributed by atoms with Gasteiger partial charge in [-0.2, -0.15) is 0 Å². The molecule has 0 aliphatic carbocycles. The number of thiazole rings is 1. The number of aromatic amines is 1. The Labute approximate surface area is 146 Å². The van der Waals surface area contributed by atoms with Gasteiger partial charge >= 0.3 is 0 Å². The van der Waals surface area contributed by atoms with Gasteiger partial charge in [0, 0.05) is 16.7 Å². The fourth-order valence-corrected chi connectivity index (χ4v) is 4.29. The monoisotopic (exact) mass is 357 g/mol. The summed E-state index contributed by atoms with van der Waals surface area (Å²) in [5, 5.41) is 4.68. The maximum Gasteiger partial charge on any atom is 0.166 e. The summed E-state index contributed by atoms with van der Waals surface area (Å²) in [4.78, 5) is 12.6. The highest BCUT2D eigenvalue weighted by Gasteiger charge is 2.09. The molecule has 0 unspecified atom stereocenters. The number of benzene rings is 2. The standard InChI is InChI=1S/C17H12ClN3S2/c18-13-6-2-1-5-12(13)16-19-11(9-22-16)10-23-17-20-14-7-3-4-8-15(14)21-17/h1-9H,10H2,(H,20,21). The Bertz CT molecular complexity index is 928. The minimum Gasteiger partial charge on any atom is -0.333 e. The van der Waals surface area contributed by atoms with E-state index in [0.717, 1.165) is 43.2 Å². The maximum atomic E-state index is 6.23. The number of para-hydroxylation sites is 2. The van der Waals surface area contributed by atoms with Crippen molar-refractivity contribution < 1.29 is 0 Å². The molecule has 0 atom stereocenters. The molecule has 2 aromatic heterocycles. The van der Waals surface area contributed by atoms with Crippen molar-refractivity contribution in [1.82, 2.24) is 15.0 Å². The van der Waals surface area contributed by atoms with Crippen molar-refractivity contribution in [2.75, 3.05) is 0 Å². The number of imidazole rings is 1. The largest absolute Gasteiger partial charge is 0.333 e. The van der Waals surface area contributed by atoms with Crippen LogP contribution >= 0.6 is 34.7 Å². The molecule has 0 saturated heterocycles. The molecule has 0 bridgehead atoms. The first-order valence-electron chi connectivity index (χ1n) is 7.06. The average Bonchev–Trinajstić information content (AvgIpc) is 3.19. The first kappa shape index (κ1) is 14.8. The van der Waals surface area contributed by atoms with E-state index in [0.29, 0.717) is 0 Å². The van der Waals surface area contributed by atoms with Gasteiger partial charge in [0.25, 0.3) is 0 Å². The van der Waals surface area contributed by atoms with Crippen LogP contribution in [-0.2, 0) is 5.75 Å². The summed E-state index contributed by atoms with van der Waals surface area (Å²) in [7, 11) is 0. The summed E-state index contributed by atoms with van der Waals surface area (Å²) in [6.45, 7) is 0. The molecule has 2 heterocycles. The zero-order valence-electron chi connectivity index (χ0n) is 12.0. The number of aromatic nitrogens is 3. The van der Waals surface area contributed by atoms with Gasteiger partial charge in [0.15, 0.2) is 5.16 Å². The van der Waals surface area contributed by atoms with E-state index in [1.165, 1.54) is 0 Å². The van der Waals surface area contributed by atoms with Crippen LogP contribution in [0.5, 0.6) is 0 Å². The molecule has 0 fully saturated rings. The zero-order chi connectivity index (χ0) is 15.6. The van der Waals surface area contributed by atoms with Crippen LogP contribution in [0.1, 0.15) is 5.69 Å². The molecule has 4 rings (SSSR count). The molecule has 0 aliphatic rings. The number of rotatable bonds is 4. The summed E-state index contributed by atoms with van der Waals surface area (Å²) in [5.41, 5.74) is 4.07. The van der Waals surface area contributed by atoms with E-state index in [1.54, 1.807) is 23.1 Å². The van der Waals surface area contributed by atoms with E-state index in [-0.39, 0.29) is 0 Å². The lowest BCUT2D eigenvalue weighted by molar-refractivity contribution is 1.07. The van der Waals surface area contributed by atoms with Crippen molar-refractivity contribution in [3.05, 3.63) is 64.6 Å². The lowest BCUT2D eigenvalue weighted by Gasteiger charge is -1.98. The van der Waals surface area contributed by atoms with Crippen LogP contribution in [0, 0.1) is 0 Å². The van der Waals surface area contributed by atoms with Crippen molar-refractivity contribution in [1.29, 1.82) is 0 Å². The zero-order valence-corrected chi connectivity index (χ0v) is 14.4. The molecule has 1 N–H and O–H groups in total. The number of H-pyrrole nitrogens is 1. The molecule has 0 radical (unpaired) electrons. The maximum absolute atomic E-state index is 6.23. The van der Waals surface area contributed by atoms with Gasteiger partial charge in [-0.3, -0.25) is 0 Å². The van der Waals surface area contributed by atoms with Gasteiger partial charge in [-0.1, -0.05) is 53.7 Å². The SMILES string of the molecule is Clc1ccccc1-c1nc(CSc2nc3ccccc3[nH]2)cs1. The van der Waals surface area contributed by atoms with Crippen molar-refractivity contribution >= 4 is 45.7 Å². The number of thioether (sulfide) groups is 1. The van der Waals surface area contributed by atoms with Crippen LogP contribution in [0.2, 0.25) is 5.02 Å². The van der Waals surface area contributed by atoms with Gasteiger partial charge in [0.1, 0.15) is 5.01 Å². The summed E-state index contributed by atoms with van der Waals surface area (Å²) in [6, 6.07) is 15.8. The third-order valence-corrected chi connectivity index (χ3v) is 5.54. The van der Waals surface area contributed by atoms with Crippen LogP contribution in [0.3, 0.4) is 0 Å². The summed E-state index contributed by atoms with van der Waals surface area (Å²) in [5.74, 6) is 0.779. The Morgan fingerprint density at radius 1 is 1.04 bits per heavy atom. The van der Waals surface area contributed by atoms with E-state index in [4.69, 9.17) is 11.6 Å². The predicted molar refractivity (Wildman–Crippen MR) is 98.2 cm³/mol. The van der Waals surface area contributed by atoms with Crippen LogP contribution in [0.4, 0.5) is 0 Å². The van der Waals surface area contributed by atoms with Crippen LogP contribution in [0.25, 0.3) is 21.6 Å². The van der Waals surface area contributed by atoms with Crippen molar-refractivity contribution in [3.63, 3.8) is 0 Å². The molecule has 0 spiro atoms. The minimum absolute atomic E-state index is 0.735. The summed E-state index contributed by atoms with van der Waals surface area (Å²) >= 11 is 9.51. The molecule has 23 heavy (non-hydrogen) atoms. The first-order chi connectivity index (χ1) is 11.3. The number of halogens is 1. The van der Waals surface area contributed by atoms with Crippen molar-refractivity contribution in [3.8, 4) is 10.6 Å². The Balaban J connectivity index is 1.51. The van der Waals surface area contributed by atoms with E-state index >= 15 is 0 Å². The lowest BCUT2D eigenvalue weighted by atomic mass is 10.2. The van der Waals surface area contributed by atoms with Crippen molar-refractivity contribution in [2.24, 2.45) is 0 Å². The Morgan fingerprint density at radius 2 is 1.87 bits per heavy atom. The molecule has 6 heteroatoms. The minimum atomic E-state index is 0.735. The lowest BCUT2D eigenvalue weighted by Crippen LogP contribution is -1.83. The smallest absolute Gasteiger partial charge is 0.166 e. The first-order valence-corrected chi connectivity index (χ1v) is 9.31. The normalized spacial score (nSPS) is 11.2. The molecule has 2 aromatic carbocycles. The highest BCUT2D eigenvalue weighted by molar-refractivity contribution is 7.98. The molecule has 114 valence electrons. The molecular formula is C17H12ClN3S2. The van der Waals surface area contributed by atoms with Gasteiger partial charge in [-0.25, -0.2) is 9.97 Å². The molecule has 4 aromatic rings. The number of nitrogens with one attached hydrogen (secondary N) is 1. The van der Waals surface area contributed by atoms with Gasteiger partial charge in [0.2, 0.25) is 0 Å². The van der Waals surface area contributed by atoms with Gasteiger partial charge in [-0.15, -0.1) is 11.3 Å². The van der Waals surface area contributed by atoms with Crippen LogP contribution in [0.15, 0.2) is 59.1 Å². The number of hydrogen-bond acceptors (Lipinski definition) is 4. The molecule has 0 saturated carbocycles. The molecule has 0 aliphatic heterocycles. The number of fused-ring (bicyclic) bond motifs is 1. The van der Waals surface area contributed by atoms with E-state index in [9.17, 15) is 0 Å². The quantitative estimate of drug-likeness (QED) is 0.481.